The molecule has 0 aliphatic carbocycles. The Balaban J connectivity index is 2.57. The third kappa shape index (κ3) is 3.25. The lowest BCUT2D eigenvalue weighted by Gasteiger charge is -2.12. The van der Waals surface area contributed by atoms with E-state index in [0.29, 0.717) is 5.76 Å². The van der Waals surface area contributed by atoms with Gasteiger partial charge in [0.05, 0.1) is 13.4 Å². The number of rotatable bonds is 4. The lowest BCUT2D eigenvalue weighted by atomic mass is 10.0. The molecule has 0 aliphatic rings. The standard InChI is InChI=1S/C11H14O4/c1-8(5-6-10(12)14-2)11(13)9-4-3-7-15-9/h3-8,11,13H,1-2H3/b6-5+. The van der Waals surface area contributed by atoms with Crippen LogP contribution in [0.25, 0.3) is 0 Å². The molecule has 2 atom stereocenters. The molecule has 0 saturated carbocycles. The fourth-order valence-corrected chi connectivity index (χ4v) is 1.12. The maximum atomic E-state index is 10.8. The van der Waals surface area contributed by atoms with Gasteiger partial charge in [0, 0.05) is 12.0 Å². The summed E-state index contributed by atoms with van der Waals surface area (Å²) >= 11 is 0. The largest absolute Gasteiger partial charge is 0.467 e. The number of hydrogen-bond donors (Lipinski definition) is 1. The Hall–Kier alpha value is -1.55. The van der Waals surface area contributed by atoms with Gasteiger partial charge in [-0.3, -0.25) is 0 Å². The van der Waals surface area contributed by atoms with E-state index in [4.69, 9.17) is 4.42 Å². The number of esters is 1. The molecule has 0 spiro atoms. The van der Waals surface area contributed by atoms with Gasteiger partial charge < -0.3 is 14.3 Å². The molecule has 1 N–H and O–H groups in total. The maximum Gasteiger partial charge on any atom is 0.330 e. The minimum atomic E-state index is -0.749. The van der Waals surface area contributed by atoms with Gasteiger partial charge in [0.1, 0.15) is 11.9 Å². The van der Waals surface area contributed by atoms with Crippen molar-refractivity contribution in [2.24, 2.45) is 5.92 Å². The monoisotopic (exact) mass is 210 g/mol. The molecular formula is C11H14O4. The third-order valence-corrected chi connectivity index (χ3v) is 2.07. The zero-order chi connectivity index (χ0) is 11.3. The first kappa shape index (κ1) is 11.5. The first-order valence-electron chi connectivity index (χ1n) is 4.62. The van der Waals surface area contributed by atoms with Gasteiger partial charge in [-0.1, -0.05) is 13.0 Å². The van der Waals surface area contributed by atoms with E-state index in [1.807, 2.05) is 0 Å². The number of aliphatic hydroxyl groups is 1. The van der Waals surface area contributed by atoms with Crippen molar-refractivity contribution in [2.45, 2.75) is 13.0 Å². The van der Waals surface area contributed by atoms with Crippen molar-refractivity contribution < 1.29 is 19.1 Å². The summed E-state index contributed by atoms with van der Waals surface area (Å²) in [5, 5.41) is 9.77. The molecule has 0 bridgehead atoms. The van der Waals surface area contributed by atoms with E-state index >= 15 is 0 Å². The molecule has 2 unspecified atom stereocenters. The average molecular weight is 210 g/mol. The summed E-state index contributed by atoms with van der Waals surface area (Å²) in [6.45, 7) is 1.78. The first-order chi connectivity index (χ1) is 7.15. The van der Waals surface area contributed by atoms with Gasteiger partial charge in [0.15, 0.2) is 0 Å². The summed E-state index contributed by atoms with van der Waals surface area (Å²) in [5.74, 6) is -0.166. The van der Waals surface area contributed by atoms with Gasteiger partial charge in [-0.2, -0.15) is 0 Å². The summed E-state index contributed by atoms with van der Waals surface area (Å²) < 4.78 is 9.49. The fraction of sp³-hybridized carbons (Fsp3) is 0.364. The molecule has 0 saturated heterocycles. The lowest BCUT2D eigenvalue weighted by Crippen LogP contribution is -2.06. The Morgan fingerprint density at radius 3 is 2.93 bits per heavy atom. The highest BCUT2D eigenvalue weighted by Crippen LogP contribution is 2.22. The van der Waals surface area contributed by atoms with Crippen LogP contribution in [0.2, 0.25) is 0 Å². The van der Waals surface area contributed by atoms with Crippen LogP contribution in [0.5, 0.6) is 0 Å². The van der Waals surface area contributed by atoms with Crippen molar-refractivity contribution in [3.05, 3.63) is 36.3 Å². The zero-order valence-electron chi connectivity index (χ0n) is 8.71. The van der Waals surface area contributed by atoms with Gasteiger partial charge in [-0.05, 0) is 12.1 Å². The normalized spacial score (nSPS) is 15.1. The number of methoxy groups -OCH3 is 1. The lowest BCUT2D eigenvalue weighted by molar-refractivity contribution is -0.134. The van der Waals surface area contributed by atoms with Crippen molar-refractivity contribution in [2.75, 3.05) is 7.11 Å². The molecule has 0 fully saturated rings. The quantitative estimate of drug-likeness (QED) is 0.606. The number of hydrogen-bond acceptors (Lipinski definition) is 4. The van der Waals surface area contributed by atoms with Crippen LogP contribution in [0.4, 0.5) is 0 Å². The predicted octanol–water partition coefficient (Wildman–Crippen LogP) is 1.68. The second-order valence-corrected chi connectivity index (χ2v) is 3.20. The molecular weight excluding hydrogens is 196 g/mol. The third-order valence-electron chi connectivity index (χ3n) is 2.07. The second-order valence-electron chi connectivity index (χ2n) is 3.20. The highest BCUT2D eigenvalue weighted by Gasteiger charge is 2.16. The van der Waals surface area contributed by atoms with Crippen LogP contribution in [0.3, 0.4) is 0 Å². The number of aliphatic hydroxyl groups excluding tert-OH is 1. The van der Waals surface area contributed by atoms with Crippen molar-refractivity contribution in [3.8, 4) is 0 Å². The Kier molecular flexibility index (Phi) is 4.12. The number of carbonyl (C=O) groups is 1. The zero-order valence-corrected chi connectivity index (χ0v) is 8.71. The molecule has 0 aromatic carbocycles. The van der Waals surface area contributed by atoms with Gasteiger partial charge >= 0.3 is 5.97 Å². The topological polar surface area (TPSA) is 59.7 Å². The summed E-state index contributed by atoms with van der Waals surface area (Å²) in [6, 6.07) is 3.39. The van der Waals surface area contributed by atoms with Crippen LogP contribution in [-0.2, 0) is 9.53 Å². The van der Waals surface area contributed by atoms with Gasteiger partial charge in [0.25, 0.3) is 0 Å². The van der Waals surface area contributed by atoms with E-state index in [1.54, 1.807) is 25.1 Å². The summed E-state index contributed by atoms with van der Waals surface area (Å²) in [7, 11) is 1.31. The molecule has 1 heterocycles. The number of carbonyl (C=O) groups excluding carboxylic acids is 1. The fourth-order valence-electron chi connectivity index (χ4n) is 1.12. The number of furan rings is 1. The van der Waals surface area contributed by atoms with Crippen molar-refractivity contribution in [1.82, 2.24) is 0 Å². The highest BCUT2D eigenvalue weighted by atomic mass is 16.5. The number of ether oxygens (including phenoxy) is 1. The molecule has 1 aromatic heterocycles. The van der Waals surface area contributed by atoms with E-state index in [9.17, 15) is 9.90 Å². The molecule has 4 heteroatoms. The van der Waals surface area contributed by atoms with Gasteiger partial charge in [-0.25, -0.2) is 4.79 Å². The van der Waals surface area contributed by atoms with Crippen molar-refractivity contribution in [3.63, 3.8) is 0 Å². The summed E-state index contributed by atoms with van der Waals surface area (Å²) in [6.07, 6.45) is 3.62. The minimum absolute atomic E-state index is 0.213. The van der Waals surface area contributed by atoms with E-state index in [0.717, 1.165) is 0 Å². The Labute approximate surface area is 88.2 Å². The maximum absolute atomic E-state index is 10.8. The Morgan fingerprint density at radius 1 is 1.67 bits per heavy atom. The van der Waals surface area contributed by atoms with E-state index in [1.165, 1.54) is 19.4 Å². The molecule has 15 heavy (non-hydrogen) atoms. The Morgan fingerprint density at radius 2 is 2.40 bits per heavy atom. The molecule has 0 amide bonds. The molecule has 1 aromatic rings. The molecule has 4 nitrogen and oxygen atoms in total. The first-order valence-corrected chi connectivity index (χ1v) is 4.62. The summed E-state index contributed by atoms with van der Waals surface area (Å²) in [5.41, 5.74) is 0. The SMILES string of the molecule is COC(=O)/C=C/C(C)C(O)c1ccco1. The van der Waals surface area contributed by atoms with Crippen LogP contribution in [0.15, 0.2) is 35.0 Å². The smallest absolute Gasteiger partial charge is 0.330 e. The molecule has 0 radical (unpaired) electrons. The average Bonchev–Trinajstić information content (AvgIpc) is 2.77. The van der Waals surface area contributed by atoms with Crippen LogP contribution in [-0.4, -0.2) is 18.2 Å². The van der Waals surface area contributed by atoms with Crippen molar-refractivity contribution in [1.29, 1.82) is 0 Å². The van der Waals surface area contributed by atoms with E-state index < -0.39 is 12.1 Å². The second kappa shape index (κ2) is 5.36. The molecule has 1 rings (SSSR count). The van der Waals surface area contributed by atoms with Gasteiger partial charge in [-0.15, -0.1) is 0 Å². The van der Waals surface area contributed by atoms with Crippen LogP contribution in [0, 0.1) is 5.92 Å². The van der Waals surface area contributed by atoms with Gasteiger partial charge in [0.2, 0.25) is 0 Å². The van der Waals surface area contributed by atoms with Crippen molar-refractivity contribution >= 4 is 5.97 Å². The van der Waals surface area contributed by atoms with E-state index in [-0.39, 0.29) is 5.92 Å². The molecule has 0 aliphatic heterocycles. The predicted molar refractivity (Wildman–Crippen MR) is 54.0 cm³/mol. The summed E-state index contributed by atoms with van der Waals surface area (Å²) in [4.78, 5) is 10.8. The highest BCUT2D eigenvalue weighted by molar-refractivity contribution is 5.81. The Bertz CT molecular complexity index is 326. The van der Waals surface area contributed by atoms with Crippen LogP contribution in [0.1, 0.15) is 18.8 Å². The van der Waals surface area contributed by atoms with Crippen LogP contribution < -0.4 is 0 Å². The van der Waals surface area contributed by atoms with Crippen LogP contribution >= 0.6 is 0 Å². The minimum Gasteiger partial charge on any atom is -0.467 e. The van der Waals surface area contributed by atoms with E-state index in [2.05, 4.69) is 4.74 Å². The molecule has 82 valence electrons.